The highest BCUT2D eigenvalue weighted by atomic mass is 16.5. The van der Waals surface area contributed by atoms with Crippen molar-refractivity contribution in [3.63, 3.8) is 0 Å². The van der Waals surface area contributed by atoms with Crippen molar-refractivity contribution in [1.82, 2.24) is 0 Å². The van der Waals surface area contributed by atoms with Crippen LogP contribution in [0.25, 0.3) is 0 Å². The lowest BCUT2D eigenvalue weighted by molar-refractivity contribution is -0.910. The minimum Gasteiger partial charge on any atom is -0.497 e. The number of piperidine rings is 1. The highest BCUT2D eigenvalue weighted by Crippen LogP contribution is 2.56. The number of carbonyl (C=O) groups is 1. The van der Waals surface area contributed by atoms with Gasteiger partial charge in [-0.15, -0.1) is 0 Å². The molecule has 0 aromatic heterocycles. The van der Waals surface area contributed by atoms with Gasteiger partial charge in [-0.2, -0.15) is 0 Å². The molecule has 3 atom stereocenters. The Hall–Kier alpha value is -1.55. The zero-order valence-corrected chi connectivity index (χ0v) is 14.7. The second-order valence-electron chi connectivity index (χ2n) is 8.10. The van der Waals surface area contributed by atoms with E-state index in [0.717, 1.165) is 30.4 Å². The average Bonchev–Trinajstić information content (AvgIpc) is 2.64. The lowest BCUT2D eigenvalue weighted by Crippen LogP contribution is -3.16. The molecule has 1 heterocycles. The van der Waals surface area contributed by atoms with Crippen molar-refractivity contribution in [1.29, 1.82) is 0 Å². The Balaban J connectivity index is 1.58. The minimum atomic E-state index is 0.105. The second kappa shape index (κ2) is 5.82. The number of nitrogens with one attached hydrogen (secondary N) is 2. The molecule has 23 heavy (non-hydrogen) atoms. The Kier molecular flexibility index (Phi) is 4.13. The van der Waals surface area contributed by atoms with E-state index < -0.39 is 0 Å². The molecule has 2 fully saturated rings. The van der Waals surface area contributed by atoms with Crippen LogP contribution in [-0.4, -0.2) is 32.7 Å². The molecule has 3 rings (SSSR count). The van der Waals surface area contributed by atoms with Gasteiger partial charge >= 0.3 is 0 Å². The maximum absolute atomic E-state index is 12.4. The van der Waals surface area contributed by atoms with Gasteiger partial charge in [-0.3, -0.25) is 4.79 Å². The summed E-state index contributed by atoms with van der Waals surface area (Å²) in [5.41, 5.74) is 1.61. The number of quaternary nitrogens is 1. The number of amides is 1. The molecule has 4 heteroatoms. The summed E-state index contributed by atoms with van der Waals surface area (Å²) in [5, 5.41) is 3.01. The van der Waals surface area contributed by atoms with E-state index in [-0.39, 0.29) is 5.91 Å². The van der Waals surface area contributed by atoms with E-state index >= 15 is 0 Å². The first kappa shape index (κ1) is 16.3. The molecule has 126 valence electrons. The lowest BCUT2D eigenvalue weighted by atomic mass is 9.63. The number of benzene rings is 1. The molecule has 2 bridgehead atoms. The quantitative estimate of drug-likeness (QED) is 0.892. The maximum Gasteiger partial charge on any atom is 0.279 e. The van der Waals surface area contributed by atoms with Crippen LogP contribution in [0.5, 0.6) is 5.75 Å². The number of anilines is 1. The first-order valence-electron chi connectivity index (χ1n) is 8.61. The van der Waals surface area contributed by atoms with Gasteiger partial charge in [0.15, 0.2) is 6.54 Å². The molecule has 0 radical (unpaired) electrons. The van der Waals surface area contributed by atoms with E-state index in [0.29, 0.717) is 17.4 Å². The number of rotatable bonds is 4. The van der Waals surface area contributed by atoms with Crippen molar-refractivity contribution < 1.29 is 14.4 Å². The average molecular weight is 317 g/mol. The fourth-order valence-corrected chi connectivity index (χ4v) is 4.56. The number of likely N-dealkylation sites (tertiary alicyclic amines) is 1. The summed E-state index contributed by atoms with van der Waals surface area (Å²) >= 11 is 0. The molecule has 1 aliphatic heterocycles. The van der Waals surface area contributed by atoms with E-state index in [1.807, 2.05) is 24.3 Å². The van der Waals surface area contributed by atoms with Crippen LogP contribution in [0.1, 0.15) is 33.6 Å². The first-order valence-corrected chi connectivity index (χ1v) is 8.61. The molecule has 1 aliphatic carbocycles. The Morgan fingerprint density at radius 3 is 2.61 bits per heavy atom. The molecule has 0 spiro atoms. The number of ether oxygens (including phenoxy) is 1. The molecule has 1 amide bonds. The van der Waals surface area contributed by atoms with Gasteiger partial charge in [-0.25, -0.2) is 0 Å². The third-order valence-electron chi connectivity index (χ3n) is 6.58. The van der Waals surface area contributed by atoms with Crippen LogP contribution in [0.4, 0.5) is 5.69 Å². The summed E-state index contributed by atoms with van der Waals surface area (Å²) in [5.74, 6) is 1.65. The van der Waals surface area contributed by atoms with Crippen LogP contribution in [0, 0.1) is 16.7 Å². The Labute approximate surface area is 139 Å². The fourth-order valence-electron chi connectivity index (χ4n) is 4.56. The van der Waals surface area contributed by atoms with Gasteiger partial charge in [0.2, 0.25) is 0 Å². The predicted molar refractivity (Wildman–Crippen MR) is 91.8 cm³/mol. The predicted octanol–water partition coefficient (Wildman–Crippen LogP) is 1.97. The summed E-state index contributed by atoms with van der Waals surface area (Å²) in [6.45, 7) is 10.0. The highest BCUT2D eigenvalue weighted by molar-refractivity contribution is 5.91. The molecule has 1 aromatic carbocycles. The number of hydrogen-bond acceptors (Lipinski definition) is 2. The van der Waals surface area contributed by atoms with Crippen molar-refractivity contribution in [3.05, 3.63) is 24.3 Å². The van der Waals surface area contributed by atoms with Crippen LogP contribution < -0.4 is 15.0 Å². The summed E-state index contributed by atoms with van der Waals surface area (Å²) in [6.07, 6.45) is 2.61. The zero-order valence-electron chi connectivity index (χ0n) is 14.7. The van der Waals surface area contributed by atoms with Gasteiger partial charge in [-0.05, 0) is 42.5 Å². The third-order valence-corrected chi connectivity index (χ3v) is 6.58. The SMILES string of the molecule is COc1ccc(NC(=O)C[NH+]2C[C@@H]3CC[C@](C)(C2)C3(C)C)cc1. The Bertz CT molecular complexity index is 582. The van der Waals surface area contributed by atoms with Crippen LogP contribution in [0.15, 0.2) is 24.3 Å². The molecule has 2 aliphatic rings. The van der Waals surface area contributed by atoms with Crippen LogP contribution in [0.3, 0.4) is 0 Å². The highest BCUT2D eigenvalue weighted by Gasteiger charge is 2.57. The van der Waals surface area contributed by atoms with Crippen LogP contribution in [0.2, 0.25) is 0 Å². The third kappa shape index (κ3) is 2.97. The molecular weight excluding hydrogens is 288 g/mol. The monoisotopic (exact) mass is 317 g/mol. The van der Waals surface area contributed by atoms with E-state index in [9.17, 15) is 4.79 Å². The van der Waals surface area contributed by atoms with E-state index in [4.69, 9.17) is 4.74 Å². The van der Waals surface area contributed by atoms with Crippen molar-refractivity contribution in [2.24, 2.45) is 16.7 Å². The minimum absolute atomic E-state index is 0.105. The van der Waals surface area contributed by atoms with E-state index in [1.54, 1.807) is 7.11 Å². The number of carbonyl (C=O) groups excluding carboxylic acids is 1. The van der Waals surface area contributed by atoms with Gasteiger partial charge in [0, 0.05) is 17.0 Å². The summed E-state index contributed by atoms with van der Waals surface area (Å²) < 4.78 is 5.14. The van der Waals surface area contributed by atoms with Gasteiger partial charge in [0.1, 0.15) is 5.75 Å². The standard InChI is InChI=1S/C19H28N2O2/c1-18(2)14-9-10-19(18,3)13-21(11-14)12-17(22)20-15-5-7-16(23-4)8-6-15/h5-8,14H,9-13H2,1-4H3,(H,20,22)/p+1/t14-,19+/m0/s1. The first-order chi connectivity index (χ1) is 10.8. The largest absolute Gasteiger partial charge is 0.497 e. The number of fused-ring (bicyclic) bond motifs is 2. The lowest BCUT2D eigenvalue weighted by Gasteiger charge is -2.47. The van der Waals surface area contributed by atoms with Crippen molar-refractivity contribution in [2.75, 3.05) is 32.1 Å². The van der Waals surface area contributed by atoms with Crippen LogP contribution in [-0.2, 0) is 4.79 Å². The zero-order chi connectivity index (χ0) is 16.7. The van der Waals surface area contributed by atoms with E-state index in [2.05, 4.69) is 26.1 Å². The van der Waals surface area contributed by atoms with Crippen molar-refractivity contribution in [2.45, 2.75) is 33.6 Å². The molecule has 2 N–H and O–H groups in total. The molecule has 1 unspecified atom stereocenters. The van der Waals surface area contributed by atoms with E-state index in [1.165, 1.54) is 17.7 Å². The molecular formula is C19H29N2O2+. The summed E-state index contributed by atoms with van der Waals surface area (Å²) in [6, 6.07) is 7.51. The topological polar surface area (TPSA) is 42.8 Å². The van der Waals surface area contributed by atoms with Crippen molar-refractivity contribution >= 4 is 11.6 Å². The number of methoxy groups -OCH3 is 1. The Morgan fingerprint density at radius 1 is 1.30 bits per heavy atom. The molecule has 1 aromatic rings. The smallest absolute Gasteiger partial charge is 0.279 e. The fraction of sp³-hybridized carbons (Fsp3) is 0.632. The molecule has 4 nitrogen and oxygen atoms in total. The normalized spacial score (nSPS) is 31.7. The van der Waals surface area contributed by atoms with Crippen LogP contribution >= 0.6 is 0 Å². The van der Waals surface area contributed by atoms with Crippen molar-refractivity contribution in [3.8, 4) is 5.75 Å². The number of hydrogen-bond donors (Lipinski definition) is 2. The Morgan fingerprint density at radius 2 is 2.00 bits per heavy atom. The van der Waals surface area contributed by atoms with Gasteiger partial charge in [-0.1, -0.05) is 20.8 Å². The maximum atomic E-state index is 12.4. The molecule has 1 saturated heterocycles. The van der Waals surface area contributed by atoms with Gasteiger partial charge < -0.3 is 15.0 Å². The molecule has 1 saturated carbocycles. The van der Waals surface area contributed by atoms with Gasteiger partial charge in [0.25, 0.3) is 5.91 Å². The summed E-state index contributed by atoms with van der Waals surface area (Å²) in [4.78, 5) is 13.8. The van der Waals surface area contributed by atoms with Gasteiger partial charge in [0.05, 0.1) is 20.2 Å². The second-order valence-corrected chi connectivity index (χ2v) is 8.10. The summed E-state index contributed by atoms with van der Waals surface area (Å²) in [7, 11) is 1.64.